The molecule has 0 aromatic carbocycles. The van der Waals surface area contributed by atoms with Gasteiger partial charge in [0.15, 0.2) is 0 Å². The molecule has 2 N–H and O–H groups in total. The predicted molar refractivity (Wildman–Crippen MR) is 46.0 cm³/mol. The van der Waals surface area contributed by atoms with Crippen LogP contribution in [0.4, 0.5) is 0 Å². The van der Waals surface area contributed by atoms with Gasteiger partial charge in [-0.1, -0.05) is 19.1 Å². The molecule has 2 heteroatoms. The Hall–Kier alpha value is -0.760. The van der Waals surface area contributed by atoms with Gasteiger partial charge in [0, 0.05) is 18.4 Å². The van der Waals surface area contributed by atoms with Crippen molar-refractivity contribution in [2.24, 2.45) is 11.1 Å². The van der Waals surface area contributed by atoms with Crippen LogP contribution in [0.1, 0.15) is 13.3 Å². The van der Waals surface area contributed by atoms with Crippen LogP contribution in [0.15, 0.2) is 24.0 Å². The molecule has 0 aromatic heterocycles. The summed E-state index contributed by atoms with van der Waals surface area (Å²) in [6.45, 7) is 2.81. The highest BCUT2D eigenvalue weighted by Gasteiger charge is 2.22. The third-order valence-electron chi connectivity index (χ3n) is 2.09. The molecule has 0 saturated carbocycles. The maximum absolute atomic E-state index is 5.62. The molecule has 0 radical (unpaired) electrons. The SMILES string of the molecule is COC1=CC=CC(C)(CN)C1. The van der Waals surface area contributed by atoms with Crippen molar-refractivity contribution in [3.05, 3.63) is 24.0 Å². The first-order chi connectivity index (χ1) is 5.20. The van der Waals surface area contributed by atoms with Gasteiger partial charge in [0.2, 0.25) is 0 Å². The Labute approximate surface area is 67.7 Å². The van der Waals surface area contributed by atoms with Crippen molar-refractivity contribution in [2.75, 3.05) is 13.7 Å². The number of allylic oxidation sites excluding steroid dienone is 3. The van der Waals surface area contributed by atoms with E-state index in [0.717, 1.165) is 12.2 Å². The van der Waals surface area contributed by atoms with Crippen molar-refractivity contribution in [1.82, 2.24) is 0 Å². The molecule has 11 heavy (non-hydrogen) atoms. The summed E-state index contributed by atoms with van der Waals surface area (Å²) in [5.41, 5.74) is 5.72. The predicted octanol–water partition coefficient (Wildman–Crippen LogP) is 1.44. The molecule has 1 aliphatic rings. The van der Waals surface area contributed by atoms with E-state index in [-0.39, 0.29) is 5.41 Å². The quantitative estimate of drug-likeness (QED) is 0.651. The van der Waals surface area contributed by atoms with Gasteiger partial charge in [0.05, 0.1) is 12.9 Å². The van der Waals surface area contributed by atoms with Gasteiger partial charge < -0.3 is 10.5 Å². The van der Waals surface area contributed by atoms with Gasteiger partial charge in [-0.05, 0) is 6.08 Å². The number of nitrogens with two attached hydrogens (primary N) is 1. The zero-order chi connectivity index (χ0) is 8.32. The Morgan fingerprint density at radius 1 is 1.73 bits per heavy atom. The zero-order valence-electron chi connectivity index (χ0n) is 7.13. The van der Waals surface area contributed by atoms with Crippen LogP contribution in [0.3, 0.4) is 0 Å². The van der Waals surface area contributed by atoms with Gasteiger partial charge in [0.1, 0.15) is 0 Å². The van der Waals surface area contributed by atoms with E-state index < -0.39 is 0 Å². The average molecular weight is 153 g/mol. The highest BCUT2D eigenvalue weighted by molar-refractivity contribution is 5.19. The topological polar surface area (TPSA) is 35.2 Å². The third kappa shape index (κ3) is 1.84. The molecule has 0 spiro atoms. The number of hydrogen-bond acceptors (Lipinski definition) is 2. The summed E-state index contributed by atoms with van der Waals surface area (Å²) in [5, 5.41) is 0. The summed E-state index contributed by atoms with van der Waals surface area (Å²) in [7, 11) is 1.70. The molecule has 1 aliphatic carbocycles. The molecule has 0 aliphatic heterocycles. The van der Waals surface area contributed by atoms with Crippen LogP contribution in [-0.2, 0) is 4.74 Å². The molecule has 0 fully saturated rings. The van der Waals surface area contributed by atoms with Crippen molar-refractivity contribution in [2.45, 2.75) is 13.3 Å². The molecular formula is C9H15NO. The molecule has 0 saturated heterocycles. The van der Waals surface area contributed by atoms with Crippen molar-refractivity contribution in [3.8, 4) is 0 Å². The Balaban J connectivity index is 2.68. The van der Waals surface area contributed by atoms with E-state index >= 15 is 0 Å². The highest BCUT2D eigenvalue weighted by Crippen LogP contribution is 2.29. The molecule has 0 amide bonds. The first-order valence-corrected chi connectivity index (χ1v) is 3.83. The van der Waals surface area contributed by atoms with Crippen molar-refractivity contribution >= 4 is 0 Å². The Kier molecular flexibility index (Phi) is 2.35. The lowest BCUT2D eigenvalue weighted by atomic mass is 9.83. The molecule has 62 valence electrons. The molecule has 1 atom stereocenters. The van der Waals surface area contributed by atoms with Crippen LogP contribution in [-0.4, -0.2) is 13.7 Å². The molecule has 0 heterocycles. The summed E-state index contributed by atoms with van der Waals surface area (Å²) in [6.07, 6.45) is 7.04. The molecule has 1 unspecified atom stereocenters. The van der Waals surface area contributed by atoms with Crippen molar-refractivity contribution in [1.29, 1.82) is 0 Å². The van der Waals surface area contributed by atoms with Gasteiger partial charge >= 0.3 is 0 Å². The van der Waals surface area contributed by atoms with E-state index in [1.54, 1.807) is 7.11 Å². The van der Waals surface area contributed by atoms with Crippen LogP contribution >= 0.6 is 0 Å². The van der Waals surface area contributed by atoms with Gasteiger partial charge in [-0.25, -0.2) is 0 Å². The first-order valence-electron chi connectivity index (χ1n) is 3.83. The van der Waals surface area contributed by atoms with E-state index in [4.69, 9.17) is 10.5 Å². The number of methoxy groups -OCH3 is 1. The minimum atomic E-state index is 0.0973. The van der Waals surface area contributed by atoms with E-state index in [0.29, 0.717) is 6.54 Å². The standard InChI is InChI=1S/C9H15NO/c1-9(7-10)5-3-4-8(6-9)11-2/h3-5H,6-7,10H2,1-2H3. The Morgan fingerprint density at radius 2 is 2.45 bits per heavy atom. The van der Waals surface area contributed by atoms with E-state index in [9.17, 15) is 0 Å². The van der Waals surface area contributed by atoms with Crippen molar-refractivity contribution < 1.29 is 4.74 Å². The zero-order valence-corrected chi connectivity index (χ0v) is 7.13. The molecule has 0 aromatic rings. The first kappa shape index (κ1) is 8.34. The molecule has 1 rings (SSSR count). The van der Waals surface area contributed by atoms with E-state index in [1.807, 2.05) is 12.2 Å². The minimum absolute atomic E-state index is 0.0973. The largest absolute Gasteiger partial charge is 0.501 e. The summed E-state index contributed by atoms with van der Waals surface area (Å²) in [6, 6.07) is 0. The van der Waals surface area contributed by atoms with Crippen molar-refractivity contribution in [3.63, 3.8) is 0 Å². The fraction of sp³-hybridized carbons (Fsp3) is 0.556. The van der Waals surface area contributed by atoms with Crippen LogP contribution in [0.2, 0.25) is 0 Å². The van der Waals surface area contributed by atoms with Crippen LogP contribution in [0.25, 0.3) is 0 Å². The second-order valence-electron chi connectivity index (χ2n) is 3.23. The monoisotopic (exact) mass is 153 g/mol. The van der Waals surface area contributed by atoms with Gasteiger partial charge in [-0.2, -0.15) is 0 Å². The van der Waals surface area contributed by atoms with Crippen LogP contribution < -0.4 is 5.73 Å². The lowest BCUT2D eigenvalue weighted by molar-refractivity contribution is 0.241. The smallest absolute Gasteiger partial charge is 0.0964 e. The second kappa shape index (κ2) is 3.09. The van der Waals surface area contributed by atoms with Gasteiger partial charge in [-0.15, -0.1) is 0 Å². The number of ether oxygens (including phenoxy) is 1. The fourth-order valence-electron chi connectivity index (χ4n) is 1.18. The maximum Gasteiger partial charge on any atom is 0.0964 e. The summed E-state index contributed by atoms with van der Waals surface area (Å²) in [4.78, 5) is 0. The van der Waals surface area contributed by atoms with Crippen LogP contribution in [0.5, 0.6) is 0 Å². The summed E-state index contributed by atoms with van der Waals surface area (Å²) < 4.78 is 5.14. The van der Waals surface area contributed by atoms with Gasteiger partial charge in [0.25, 0.3) is 0 Å². The number of rotatable bonds is 2. The second-order valence-corrected chi connectivity index (χ2v) is 3.23. The third-order valence-corrected chi connectivity index (χ3v) is 2.09. The normalized spacial score (nSPS) is 29.9. The van der Waals surface area contributed by atoms with E-state index in [1.165, 1.54) is 0 Å². The van der Waals surface area contributed by atoms with Crippen LogP contribution in [0, 0.1) is 5.41 Å². The van der Waals surface area contributed by atoms with E-state index in [2.05, 4.69) is 13.0 Å². The average Bonchev–Trinajstić information content (AvgIpc) is 2.05. The highest BCUT2D eigenvalue weighted by atomic mass is 16.5. The lowest BCUT2D eigenvalue weighted by Gasteiger charge is -2.27. The number of hydrogen-bond donors (Lipinski definition) is 1. The fourth-order valence-corrected chi connectivity index (χ4v) is 1.18. The minimum Gasteiger partial charge on any atom is -0.501 e. The Bertz CT molecular complexity index is 196. The summed E-state index contributed by atoms with van der Waals surface area (Å²) >= 11 is 0. The van der Waals surface area contributed by atoms with Gasteiger partial charge in [-0.3, -0.25) is 0 Å². The Morgan fingerprint density at radius 3 is 3.00 bits per heavy atom. The summed E-state index contributed by atoms with van der Waals surface area (Å²) in [5.74, 6) is 1.01. The molecule has 2 nitrogen and oxygen atoms in total. The lowest BCUT2D eigenvalue weighted by Crippen LogP contribution is -2.26. The molecular weight excluding hydrogens is 138 g/mol. The maximum atomic E-state index is 5.62. The molecule has 0 bridgehead atoms.